The summed E-state index contributed by atoms with van der Waals surface area (Å²) in [5, 5.41) is 13.8. The molecule has 0 aliphatic heterocycles. The van der Waals surface area contributed by atoms with Gasteiger partial charge in [0.05, 0.1) is 5.71 Å². The molecule has 0 aliphatic carbocycles. The van der Waals surface area contributed by atoms with Crippen LogP contribution in [0.1, 0.15) is 29.2 Å². The van der Waals surface area contributed by atoms with Gasteiger partial charge in [-0.1, -0.05) is 10.5 Å². The van der Waals surface area contributed by atoms with Gasteiger partial charge in [-0.25, -0.2) is 9.59 Å². The normalized spacial score (nSPS) is 12.2. The number of hydrazone groups is 1. The number of sulfonamides is 1. The molecule has 0 saturated heterocycles. The summed E-state index contributed by atoms with van der Waals surface area (Å²) in [5.41, 5.74) is 6.62. The minimum Gasteiger partial charge on any atom is -0.508 e. The van der Waals surface area contributed by atoms with E-state index >= 15 is 0 Å². The average Bonchev–Trinajstić information content (AvgIpc) is 2.64. The van der Waals surface area contributed by atoms with Crippen molar-refractivity contribution in [3.8, 4) is 5.75 Å². The first-order valence-corrected chi connectivity index (χ1v) is 10.6. The molecule has 0 radical (unpaired) electrons. The molecule has 31 heavy (non-hydrogen) atoms. The van der Waals surface area contributed by atoms with E-state index in [2.05, 4.69) is 5.10 Å². The summed E-state index contributed by atoms with van der Waals surface area (Å²) in [5.74, 6) is 0.0167. The van der Waals surface area contributed by atoms with Crippen molar-refractivity contribution in [3.05, 3.63) is 69.1 Å². The Morgan fingerprint density at radius 3 is 2.23 bits per heavy atom. The first-order chi connectivity index (χ1) is 14.4. The number of fused-ring (bicyclic) bond motifs is 1. The quantitative estimate of drug-likeness (QED) is 0.360. The lowest BCUT2D eigenvalue weighted by Gasteiger charge is -2.19. The zero-order chi connectivity index (χ0) is 23.1. The Morgan fingerprint density at radius 1 is 1.06 bits per heavy atom. The van der Waals surface area contributed by atoms with Crippen LogP contribution in [0.2, 0.25) is 0 Å². The number of aromatic hydroxyl groups is 1. The third-order valence-corrected chi connectivity index (χ3v) is 6.49. The number of phenolic OH excluding ortho intramolecular Hbond substituents is 1. The van der Waals surface area contributed by atoms with Crippen LogP contribution in [0.25, 0.3) is 11.0 Å². The number of primary amides is 1. The number of amides is 2. The molecule has 2 amide bonds. The number of phenols is 1. The van der Waals surface area contributed by atoms with Gasteiger partial charge in [-0.3, -0.25) is 0 Å². The van der Waals surface area contributed by atoms with Gasteiger partial charge in [0.15, 0.2) is 5.58 Å². The van der Waals surface area contributed by atoms with Gasteiger partial charge in [0.1, 0.15) is 10.6 Å². The molecule has 3 N–H and O–H groups in total. The molecule has 2 aromatic carbocycles. The van der Waals surface area contributed by atoms with E-state index < -0.39 is 21.7 Å². The van der Waals surface area contributed by atoms with Crippen molar-refractivity contribution in [1.29, 1.82) is 0 Å². The van der Waals surface area contributed by atoms with E-state index in [4.69, 9.17) is 10.2 Å². The van der Waals surface area contributed by atoms with Crippen LogP contribution in [0.15, 0.2) is 55.6 Å². The standard InChI is InChI=1S/C21H21N3O6S/c1-11-9-13(3)20(19-18(11)12(2)10-17(26)30-19)31(28,29)24(21(22)27)23-14(4)15-5-7-16(25)8-6-15/h5-10,25H,1-4H3,(H2,22,27)/b23-14-. The van der Waals surface area contributed by atoms with Crippen LogP contribution in [0.3, 0.4) is 0 Å². The van der Waals surface area contributed by atoms with Crippen LogP contribution in [0, 0.1) is 20.8 Å². The lowest BCUT2D eigenvalue weighted by molar-refractivity contribution is 0.233. The number of benzene rings is 2. The minimum atomic E-state index is -4.63. The van der Waals surface area contributed by atoms with Crippen molar-refractivity contribution >= 4 is 32.7 Å². The lowest BCUT2D eigenvalue weighted by atomic mass is 10.0. The molecule has 0 atom stereocenters. The number of nitrogens with zero attached hydrogens (tertiary/aromatic N) is 2. The molecule has 0 saturated carbocycles. The molecule has 0 aliphatic rings. The molecule has 3 aromatic rings. The van der Waals surface area contributed by atoms with E-state index in [9.17, 15) is 23.1 Å². The van der Waals surface area contributed by atoms with Crippen LogP contribution in [0.4, 0.5) is 4.79 Å². The SMILES string of the molecule is C/C(=N/N(C(N)=O)S(=O)(=O)c1c(C)cc(C)c2c(C)cc(=O)oc12)c1ccc(O)cc1. The lowest BCUT2D eigenvalue weighted by Crippen LogP contribution is -2.38. The van der Waals surface area contributed by atoms with E-state index in [1.165, 1.54) is 44.2 Å². The third kappa shape index (κ3) is 4.02. The summed E-state index contributed by atoms with van der Waals surface area (Å²) in [6.07, 6.45) is 0. The fourth-order valence-electron chi connectivity index (χ4n) is 3.43. The average molecular weight is 443 g/mol. The maximum absolute atomic E-state index is 13.5. The zero-order valence-electron chi connectivity index (χ0n) is 17.3. The van der Waals surface area contributed by atoms with Gasteiger partial charge in [0.25, 0.3) is 10.0 Å². The van der Waals surface area contributed by atoms with Gasteiger partial charge in [-0.15, -0.1) is 0 Å². The maximum Gasteiger partial charge on any atom is 0.350 e. The molecule has 10 heteroatoms. The summed E-state index contributed by atoms with van der Waals surface area (Å²) in [6.45, 7) is 6.44. The minimum absolute atomic E-state index is 0.0167. The van der Waals surface area contributed by atoms with Crippen LogP contribution >= 0.6 is 0 Å². The second-order valence-electron chi connectivity index (χ2n) is 7.11. The van der Waals surface area contributed by atoms with Crippen molar-refractivity contribution in [2.75, 3.05) is 0 Å². The number of carbonyl (C=O) groups excluding carboxylic acids is 1. The Labute approximate surface area is 178 Å². The molecule has 0 bridgehead atoms. The van der Waals surface area contributed by atoms with Crippen molar-refractivity contribution in [1.82, 2.24) is 4.41 Å². The van der Waals surface area contributed by atoms with Gasteiger partial charge in [0.2, 0.25) is 0 Å². The van der Waals surface area contributed by atoms with E-state index in [0.29, 0.717) is 22.1 Å². The number of carbonyl (C=O) groups is 1. The van der Waals surface area contributed by atoms with E-state index in [1.54, 1.807) is 19.9 Å². The van der Waals surface area contributed by atoms with Crippen LogP contribution < -0.4 is 11.4 Å². The molecular weight excluding hydrogens is 422 g/mol. The smallest absolute Gasteiger partial charge is 0.350 e. The van der Waals surface area contributed by atoms with Gasteiger partial charge in [-0.05, 0) is 74.2 Å². The molecular formula is C21H21N3O6S. The Hall–Kier alpha value is -3.66. The molecule has 162 valence electrons. The number of nitrogens with two attached hydrogens (primary N) is 1. The molecule has 9 nitrogen and oxygen atoms in total. The van der Waals surface area contributed by atoms with E-state index in [0.717, 1.165) is 0 Å². The number of rotatable bonds is 4. The van der Waals surface area contributed by atoms with Crippen LogP contribution in [-0.2, 0) is 10.0 Å². The molecule has 1 heterocycles. The third-order valence-electron chi connectivity index (χ3n) is 4.75. The molecule has 0 fully saturated rings. The highest BCUT2D eigenvalue weighted by molar-refractivity contribution is 7.90. The summed E-state index contributed by atoms with van der Waals surface area (Å²) < 4.78 is 32.4. The van der Waals surface area contributed by atoms with Crippen LogP contribution in [0.5, 0.6) is 5.75 Å². The highest BCUT2D eigenvalue weighted by atomic mass is 32.2. The largest absolute Gasteiger partial charge is 0.508 e. The van der Waals surface area contributed by atoms with Gasteiger partial charge >= 0.3 is 11.7 Å². The second-order valence-corrected chi connectivity index (χ2v) is 8.81. The zero-order valence-corrected chi connectivity index (χ0v) is 18.1. The number of aryl methyl sites for hydroxylation is 3. The van der Waals surface area contributed by atoms with Crippen LogP contribution in [-0.4, -0.2) is 29.7 Å². The van der Waals surface area contributed by atoms with E-state index in [-0.39, 0.29) is 31.9 Å². The Morgan fingerprint density at radius 2 is 1.65 bits per heavy atom. The molecule has 0 unspecified atom stereocenters. The Balaban J connectivity index is 2.29. The maximum atomic E-state index is 13.5. The Kier molecular flexibility index (Phi) is 5.60. The van der Waals surface area contributed by atoms with Gasteiger partial charge in [-0.2, -0.15) is 13.5 Å². The number of hydrogen-bond acceptors (Lipinski definition) is 7. The predicted molar refractivity (Wildman–Crippen MR) is 116 cm³/mol. The van der Waals surface area contributed by atoms with Gasteiger partial charge in [0, 0.05) is 11.5 Å². The summed E-state index contributed by atoms with van der Waals surface area (Å²) >= 11 is 0. The van der Waals surface area contributed by atoms with Crippen molar-refractivity contribution < 1.29 is 22.7 Å². The first kappa shape index (κ1) is 22.0. The highest BCUT2D eigenvalue weighted by Crippen LogP contribution is 2.32. The summed E-state index contributed by atoms with van der Waals surface area (Å²) in [7, 11) is -4.63. The number of hydrogen-bond donors (Lipinski definition) is 2. The van der Waals surface area contributed by atoms with E-state index in [1.807, 2.05) is 0 Å². The van der Waals surface area contributed by atoms with Crippen molar-refractivity contribution in [3.63, 3.8) is 0 Å². The topological polar surface area (TPSA) is 143 Å². The Bertz CT molecular complexity index is 1390. The summed E-state index contributed by atoms with van der Waals surface area (Å²) in [6, 6.07) is 7.36. The fourth-order valence-corrected chi connectivity index (χ4v) is 4.91. The van der Waals surface area contributed by atoms with Gasteiger partial charge < -0.3 is 15.3 Å². The molecule has 0 spiro atoms. The highest BCUT2D eigenvalue weighted by Gasteiger charge is 2.33. The molecule has 1 aromatic heterocycles. The van der Waals surface area contributed by atoms with Crippen molar-refractivity contribution in [2.24, 2.45) is 10.8 Å². The predicted octanol–water partition coefficient (Wildman–Crippen LogP) is 2.92. The monoisotopic (exact) mass is 443 g/mol. The first-order valence-electron chi connectivity index (χ1n) is 9.17. The van der Waals surface area contributed by atoms with Crippen molar-refractivity contribution in [2.45, 2.75) is 32.6 Å². The molecule has 3 rings (SSSR count). The fraction of sp³-hybridized carbons (Fsp3) is 0.190. The summed E-state index contributed by atoms with van der Waals surface area (Å²) in [4.78, 5) is 23.7. The number of urea groups is 1. The second kappa shape index (κ2) is 7.88.